The molecule has 5 heteroatoms. The van der Waals surface area contributed by atoms with E-state index in [0.717, 1.165) is 16.7 Å². The van der Waals surface area contributed by atoms with Crippen molar-refractivity contribution < 1.29 is 14.3 Å². The smallest absolute Gasteiger partial charge is 0.251 e. The van der Waals surface area contributed by atoms with E-state index in [1.165, 1.54) is 0 Å². The Bertz CT molecular complexity index is 893. The molecule has 0 aliphatic heterocycles. The largest absolute Gasteiger partial charge is 0.493 e. The van der Waals surface area contributed by atoms with Gasteiger partial charge < -0.3 is 14.8 Å². The Balaban J connectivity index is 1.61. The van der Waals surface area contributed by atoms with Crippen LogP contribution in [0.25, 0.3) is 0 Å². The van der Waals surface area contributed by atoms with Crippen LogP contribution in [0.5, 0.6) is 11.5 Å². The van der Waals surface area contributed by atoms with Crippen LogP contribution in [0, 0.1) is 6.92 Å². The highest BCUT2D eigenvalue weighted by molar-refractivity contribution is 5.94. The SMILES string of the molecule is COc1cc(CNC(=O)c2ccc(C)cc2)ccc1OCc1cccnc1. The predicted octanol–water partition coefficient (Wildman–Crippen LogP) is 3.91. The summed E-state index contributed by atoms with van der Waals surface area (Å²) >= 11 is 0. The maximum absolute atomic E-state index is 12.2. The lowest BCUT2D eigenvalue weighted by Crippen LogP contribution is -2.22. The van der Waals surface area contributed by atoms with Crippen molar-refractivity contribution in [3.05, 3.63) is 89.2 Å². The molecule has 0 saturated heterocycles. The maximum Gasteiger partial charge on any atom is 0.251 e. The molecule has 1 amide bonds. The summed E-state index contributed by atoms with van der Waals surface area (Å²) < 4.78 is 11.2. The molecule has 27 heavy (non-hydrogen) atoms. The fraction of sp³-hybridized carbons (Fsp3) is 0.182. The van der Waals surface area contributed by atoms with Crippen molar-refractivity contribution in [2.24, 2.45) is 0 Å². The molecule has 0 bridgehead atoms. The van der Waals surface area contributed by atoms with E-state index in [1.807, 2.05) is 61.5 Å². The molecule has 0 saturated carbocycles. The Morgan fingerprint density at radius 3 is 2.56 bits per heavy atom. The molecule has 0 aliphatic carbocycles. The molecule has 0 unspecified atom stereocenters. The molecule has 138 valence electrons. The summed E-state index contributed by atoms with van der Waals surface area (Å²) in [6.45, 7) is 2.81. The van der Waals surface area contributed by atoms with E-state index in [9.17, 15) is 4.79 Å². The molecule has 3 rings (SSSR count). The van der Waals surface area contributed by atoms with Gasteiger partial charge in [-0.2, -0.15) is 0 Å². The molecule has 0 radical (unpaired) electrons. The summed E-state index contributed by atoms with van der Waals surface area (Å²) in [6.07, 6.45) is 3.49. The molecule has 0 spiro atoms. The number of aromatic nitrogens is 1. The number of carbonyl (C=O) groups excluding carboxylic acids is 1. The van der Waals surface area contributed by atoms with Crippen LogP contribution in [0.15, 0.2) is 67.0 Å². The van der Waals surface area contributed by atoms with Crippen LogP contribution < -0.4 is 14.8 Å². The van der Waals surface area contributed by atoms with E-state index in [-0.39, 0.29) is 5.91 Å². The van der Waals surface area contributed by atoms with Crippen molar-refractivity contribution in [3.8, 4) is 11.5 Å². The molecule has 0 fully saturated rings. The monoisotopic (exact) mass is 362 g/mol. The van der Waals surface area contributed by atoms with Crippen LogP contribution in [0.1, 0.15) is 27.0 Å². The van der Waals surface area contributed by atoms with Crippen molar-refractivity contribution in [1.82, 2.24) is 10.3 Å². The number of nitrogens with zero attached hydrogens (tertiary/aromatic N) is 1. The second-order valence-corrected chi connectivity index (χ2v) is 6.18. The quantitative estimate of drug-likeness (QED) is 0.692. The van der Waals surface area contributed by atoms with Gasteiger partial charge >= 0.3 is 0 Å². The zero-order chi connectivity index (χ0) is 19.1. The van der Waals surface area contributed by atoms with Gasteiger partial charge in [-0.1, -0.05) is 29.8 Å². The Kier molecular flexibility index (Phi) is 6.05. The van der Waals surface area contributed by atoms with E-state index >= 15 is 0 Å². The Morgan fingerprint density at radius 2 is 1.85 bits per heavy atom. The van der Waals surface area contributed by atoms with Crippen molar-refractivity contribution in [1.29, 1.82) is 0 Å². The second kappa shape index (κ2) is 8.85. The fourth-order valence-corrected chi connectivity index (χ4v) is 2.58. The van der Waals surface area contributed by atoms with E-state index in [0.29, 0.717) is 30.2 Å². The number of aryl methyl sites for hydroxylation is 1. The second-order valence-electron chi connectivity index (χ2n) is 6.18. The lowest BCUT2D eigenvalue weighted by Gasteiger charge is -2.13. The van der Waals surface area contributed by atoms with Gasteiger partial charge in [0.1, 0.15) is 6.61 Å². The number of rotatable bonds is 7. The van der Waals surface area contributed by atoms with Crippen molar-refractivity contribution in [2.45, 2.75) is 20.1 Å². The number of carbonyl (C=O) groups is 1. The summed E-state index contributed by atoms with van der Waals surface area (Å²) in [5.41, 5.74) is 3.68. The first-order valence-corrected chi connectivity index (χ1v) is 8.69. The van der Waals surface area contributed by atoms with E-state index in [4.69, 9.17) is 9.47 Å². The molecule has 1 N–H and O–H groups in total. The molecule has 5 nitrogen and oxygen atoms in total. The van der Waals surface area contributed by atoms with E-state index in [2.05, 4.69) is 10.3 Å². The third-order valence-electron chi connectivity index (χ3n) is 4.11. The van der Waals surface area contributed by atoms with Gasteiger partial charge in [-0.15, -0.1) is 0 Å². The van der Waals surface area contributed by atoms with Crippen LogP contribution in [0.3, 0.4) is 0 Å². The number of hydrogen-bond donors (Lipinski definition) is 1. The third-order valence-corrected chi connectivity index (χ3v) is 4.11. The molecule has 0 aliphatic rings. The summed E-state index contributed by atoms with van der Waals surface area (Å²) in [5.74, 6) is 1.17. The van der Waals surface area contributed by atoms with Crippen LogP contribution >= 0.6 is 0 Å². The summed E-state index contributed by atoms with van der Waals surface area (Å²) in [7, 11) is 1.60. The molecule has 3 aromatic rings. The number of nitrogens with one attached hydrogen (secondary N) is 1. The highest BCUT2D eigenvalue weighted by Gasteiger charge is 2.09. The average Bonchev–Trinajstić information content (AvgIpc) is 2.72. The van der Waals surface area contributed by atoms with Gasteiger partial charge in [0.15, 0.2) is 11.5 Å². The Labute approximate surface area is 159 Å². The minimum Gasteiger partial charge on any atom is -0.493 e. The molecule has 1 heterocycles. The zero-order valence-electron chi connectivity index (χ0n) is 15.4. The lowest BCUT2D eigenvalue weighted by atomic mass is 10.1. The van der Waals surface area contributed by atoms with E-state index in [1.54, 1.807) is 19.5 Å². The van der Waals surface area contributed by atoms with Gasteiger partial charge in [0, 0.05) is 30.1 Å². The van der Waals surface area contributed by atoms with Crippen molar-refractivity contribution in [3.63, 3.8) is 0 Å². The Hall–Kier alpha value is -3.34. The number of benzene rings is 2. The molecular weight excluding hydrogens is 340 g/mol. The first-order valence-electron chi connectivity index (χ1n) is 8.69. The van der Waals surface area contributed by atoms with Gasteiger partial charge in [-0.05, 0) is 42.8 Å². The normalized spacial score (nSPS) is 10.3. The summed E-state index contributed by atoms with van der Waals surface area (Å²) in [6, 6.07) is 16.9. The highest BCUT2D eigenvalue weighted by Crippen LogP contribution is 2.28. The molecular formula is C22H22N2O3. The van der Waals surface area contributed by atoms with Crippen molar-refractivity contribution >= 4 is 5.91 Å². The topological polar surface area (TPSA) is 60.5 Å². The molecule has 2 aromatic carbocycles. The third kappa shape index (κ3) is 5.07. The van der Waals surface area contributed by atoms with Crippen LogP contribution in [-0.4, -0.2) is 18.0 Å². The summed E-state index contributed by atoms with van der Waals surface area (Å²) in [4.78, 5) is 16.3. The standard InChI is InChI=1S/C22H22N2O3/c1-16-5-8-19(9-6-16)22(25)24-14-17-7-10-20(21(12-17)26-2)27-15-18-4-3-11-23-13-18/h3-13H,14-15H2,1-2H3,(H,24,25). The predicted molar refractivity (Wildman–Crippen MR) is 104 cm³/mol. The minimum atomic E-state index is -0.106. The highest BCUT2D eigenvalue weighted by atomic mass is 16.5. The van der Waals surface area contributed by atoms with Gasteiger partial charge in [0.25, 0.3) is 5.91 Å². The molecule has 0 atom stereocenters. The van der Waals surface area contributed by atoms with Gasteiger partial charge in [-0.3, -0.25) is 9.78 Å². The van der Waals surface area contributed by atoms with Gasteiger partial charge in [0.05, 0.1) is 7.11 Å². The maximum atomic E-state index is 12.2. The molecule has 1 aromatic heterocycles. The first-order chi connectivity index (χ1) is 13.2. The number of pyridine rings is 1. The fourth-order valence-electron chi connectivity index (χ4n) is 2.58. The number of ether oxygens (including phenoxy) is 2. The van der Waals surface area contributed by atoms with Crippen molar-refractivity contribution in [2.75, 3.05) is 7.11 Å². The lowest BCUT2D eigenvalue weighted by molar-refractivity contribution is 0.0951. The zero-order valence-corrected chi connectivity index (χ0v) is 15.4. The van der Waals surface area contributed by atoms with Crippen LogP contribution in [0.2, 0.25) is 0 Å². The number of hydrogen-bond acceptors (Lipinski definition) is 4. The summed E-state index contributed by atoms with van der Waals surface area (Å²) in [5, 5.41) is 2.92. The minimum absolute atomic E-state index is 0.106. The number of methoxy groups -OCH3 is 1. The van der Waals surface area contributed by atoms with E-state index < -0.39 is 0 Å². The number of amides is 1. The van der Waals surface area contributed by atoms with Gasteiger partial charge in [0.2, 0.25) is 0 Å². The first kappa shape index (κ1) is 18.5. The van der Waals surface area contributed by atoms with Gasteiger partial charge in [-0.25, -0.2) is 0 Å². The van der Waals surface area contributed by atoms with Crippen LogP contribution in [0.4, 0.5) is 0 Å². The van der Waals surface area contributed by atoms with Crippen LogP contribution in [-0.2, 0) is 13.2 Å². The average molecular weight is 362 g/mol. The Morgan fingerprint density at radius 1 is 1.04 bits per heavy atom.